The van der Waals surface area contributed by atoms with Gasteiger partial charge in [-0.15, -0.1) is 0 Å². The first-order valence-corrected chi connectivity index (χ1v) is 3.58. The van der Waals surface area contributed by atoms with Crippen molar-refractivity contribution in [3.05, 3.63) is 0 Å². The average molecular weight is 131 g/mol. The molecule has 48 valence electrons. The predicted octanol–water partition coefficient (Wildman–Crippen LogP) is 0.866. The van der Waals surface area contributed by atoms with E-state index in [1.54, 1.807) is 0 Å². The van der Waals surface area contributed by atoms with Gasteiger partial charge in [-0.25, -0.2) is 0 Å². The first-order valence-electron chi connectivity index (χ1n) is 3.07. The standard InChI is InChI=1S/C6H13NS/c1-5-3-7(2)4-6(5)8/h5-6,8H,3-4H2,1-2H3. The van der Waals surface area contributed by atoms with Crippen LogP contribution in [0.1, 0.15) is 6.92 Å². The monoisotopic (exact) mass is 131 g/mol. The molecule has 2 atom stereocenters. The lowest BCUT2D eigenvalue weighted by molar-refractivity contribution is 0.402. The second kappa shape index (κ2) is 2.28. The summed E-state index contributed by atoms with van der Waals surface area (Å²) in [6.45, 7) is 4.62. The molecule has 1 fully saturated rings. The summed E-state index contributed by atoms with van der Waals surface area (Å²) in [7, 11) is 2.15. The summed E-state index contributed by atoms with van der Waals surface area (Å²) < 4.78 is 0. The summed E-state index contributed by atoms with van der Waals surface area (Å²) >= 11 is 4.40. The highest BCUT2D eigenvalue weighted by Gasteiger charge is 2.23. The fourth-order valence-electron chi connectivity index (χ4n) is 1.19. The van der Waals surface area contributed by atoms with Gasteiger partial charge in [0.2, 0.25) is 0 Å². The normalized spacial score (nSPS) is 40.9. The van der Waals surface area contributed by atoms with Crippen molar-refractivity contribution in [2.75, 3.05) is 20.1 Å². The van der Waals surface area contributed by atoms with E-state index in [2.05, 4.69) is 31.5 Å². The number of rotatable bonds is 0. The fraction of sp³-hybridized carbons (Fsp3) is 1.00. The van der Waals surface area contributed by atoms with Crippen molar-refractivity contribution in [3.63, 3.8) is 0 Å². The van der Waals surface area contributed by atoms with Crippen LogP contribution in [0.3, 0.4) is 0 Å². The van der Waals surface area contributed by atoms with E-state index in [0.29, 0.717) is 5.25 Å². The molecule has 0 aromatic heterocycles. The van der Waals surface area contributed by atoms with Crippen LogP contribution < -0.4 is 0 Å². The van der Waals surface area contributed by atoms with Crippen LogP contribution in [0.25, 0.3) is 0 Å². The molecule has 0 N–H and O–H groups in total. The molecule has 0 amide bonds. The van der Waals surface area contributed by atoms with Gasteiger partial charge in [-0.1, -0.05) is 6.92 Å². The third-order valence-electron chi connectivity index (χ3n) is 1.76. The van der Waals surface area contributed by atoms with E-state index in [0.717, 1.165) is 12.5 Å². The maximum absolute atomic E-state index is 4.40. The molecule has 8 heavy (non-hydrogen) atoms. The van der Waals surface area contributed by atoms with Crippen molar-refractivity contribution < 1.29 is 0 Å². The Bertz CT molecular complexity index is 74.6. The van der Waals surface area contributed by atoms with E-state index in [9.17, 15) is 0 Å². The molecule has 1 saturated heterocycles. The molecule has 2 heteroatoms. The molecule has 1 rings (SSSR count). The molecule has 1 aliphatic heterocycles. The van der Waals surface area contributed by atoms with Crippen LogP contribution in [0, 0.1) is 5.92 Å². The van der Waals surface area contributed by atoms with Crippen LogP contribution in [0.5, 0.6) is 0 Å². The molecule has 1 aliphatic rings. The number of thiol groups is 1. The van der Waals surface area contributed by atoms with Gasteiger partial charge in [-0.3, -0.25) is 0 Å². The van der Waals surface area contributed by atoms with Gasteiger partial charge in [0.25, 0.3) is 0 Å². The van der Waals surface area contributed by atoms with Crippen molar-refractivity contribution in [3.8, 4) is 0 Å². The lowest BCUT2D eigenvalue weighted by Crippen LogP contribution is -2.13. The highest BCUT2D eigenvalue weighted by molar-refractivity contribution is 7.81. The van der Waals surface area contributed by atoms with Gasteiger partial charge in [0.1, 0.15) is 0 Å². The van der Waals surface area contributed by atoms with Gasteiger partial charge >= 0.3 is 0 Å². The minimum atomic E-state index is 0.611. The zero-order valence-corrected chi connectivity index (χ0v) is 6.36. The van der Waals surface area contributed by atoms with Gasteiger partial charge in [0.15, 0.2) is 0 Å². The Labute approximate surface area is 56.5 Å². The number of hydrogen-bond acceptors (Lipinski definition) is 2. The number of likely N-dealkylation sites (tertiary alicyclic amines) is 1. The van der Waals surface area contributed by atoms with Gasteiger partial charge in [-0.2, -0.15) is 12.6 Å². The smallest absolute Gasteiger partial charge is 0.0182 e. The Kier molecular flexibility index (Phi) is 1.83. The van der Waals surface area contributed by atoms with Gasteiger partial charge in [0, 0.05) is 18.3 Å². The van der Waals surface area contributed by atoms with E-state index in [-0.39, 0.29) is 0 Å². The molecule has 0 spiro atoms. The van der Waals surface area contributed by atoms with E-state index < -0.39 is 0 Å². The lowest BCUT2D eigenvalue weighted by Gasteiger charge is -2.03. The van der Waals surface area contributed by atoms with E-state index in [4.69, 9.17) is 0 Å². The molecule has 2 unspecified atom stereocenters. The lowest BCUT2D eigenvalue weighted by atomic mass is 10.1. The van der Waals surface area contributed by atoms with Crippen LogP contribution >= 0.6 is 12.6 Å². The summed E-state index contributed by atoms with van der Waals surface area (Å²) in [5.41, 5.74) is 0. The van der Waals surface area contributed by atoms with Crippen molar-refractivity contribution in [2.24, 2.45) is 5.92 Å². The summed E-state index contributed by atoms with van der Waals surface area (Å²) in [6.07, 6.45) is 0. The van der Waals surface area contributed by atoms with Crippen molar-refractivity contribution in [1.29, 1.82) is 0 Å². The molecule has 0 saturated carbocycles. The van der Waals surface area contributed by atoms with Crippen LogP contribution in [0.2, 0.25) is 0 Å². The fourth-order valence-corrected chi connectivity index (χ4v) is 1.56. The zero-order chi connectivity index (χ0) is 6.15. The summed E-state index contributed by atoms with van der Waals surface area (Å²) in [4.78, 5) is 2.32. The highest BCUT2D eigenvalue weighted by Crippen LogP contribution is 2.18. The maximum atomic E-state index is 4.40. The minimum absolute atomic E-state index is 0.611. The maximum Gasteiger partial charge on any atom is 0.0182 e. The number of hydrogen-bond donors (Lipinski definition) is 1. The minimum Gasteiger partial charge on any atom is -0.305 e. The Morgan fingerprint density at radius 3 is 2.25 bits per heavy atom. The molecular weight excluding hydrogens is 118 g/mol. The molecule has 1 heterocycles. The third kappa shape index (κ3) is 1.17. The highest BCUT2D eigenvalue weighted by atomic mass is 32.1. The van der Waals surface area contributed by atoms with Gasteiger partial charge in [-0.05, 0) is 13.0 Å². The Balaban J connectivity index is 2.39. The summed E-state index contributed by atoms with van der Waals surface area (Å²) in [5, 5.41) is 0.611. The van der Waals surface area contributed by atoms with Crippen molar-refractivity contribution >= 4 is 12.6 Å². The second-order valence-electron chi connectivity index (χ2n) is 2.77. The largest absolute Gasteiger partial charge is 0.305 e. The zero-order valence-electron chi connectivity index (χ0n) is 5.46. The molecular formula is C6H13NS. The summed E-state index contributed by atoms with van der Waals surface area (Å²) in [5.74, 6) is 0.781. The van der Waals surface area contributed by atoms with E-state index >= 15 is 0 Å². The second-order valence-corrected chi connectivity index (χ2v) is 3.43. The molecule has 0 aromatic carbocycles. The first-order chi connectivity index (χ1) is 3.70. The van der Waals surface area contributed by atoms with Crippen LogP contribution in [0.15, 0.2) is 0 Å². The molecule has 0 aromatic rings. The van der Waals surface area contributed by atoms with Crippen LogP contribution in [0.4, 0.5) is 0 Å². The van der Waals surface area contributed by atoms with E-state index in [1.165, 1.54) is 6.54 Å². The van der Waals surface area contributed by atoms with Crippen LogP contribution in [-0.2, 0) is 0 Å². The Morgan fingerprint density at radius 2 is 2.12 bits per heavy atom. The molecule has 0 aliphatic carbocycles. The Morgan fingerprint density at radius 1 is 1.50 bits per heavy atom. The SMILES string of the molecule is CC1CN(C)CC1S. The number of nitrogens with zero attached hydrogens (tertiary/aromatic N) is 1. The van der Waals surface area contributed by atoms with Crippen molar-refractivity contribution in [1.82, 2.24) is 4.90 Å². The van der Waals surface area contributed by atoms with Gasteiger partial charge in [0.05, 0.1) is 0 Å². The summed E-state index contributed by atoms with van der Waals surface area (Å²) in [6, 6.07) is 0. The quantitative estimate of drug-likeness (QED) is 0.477. The first kappa shape index (κ1) is 6.43. The molecule has 0 radical (unpaired) electrons. The average Bonchev–Trinajstić information content (AvgIpc) is 1.85. The van der Waals surface area contributed by atoms with Crippen LogP contribution in [-0.4, -0.2) is 30.3 Å². The predicted molar refractivity (Wildman–Crippen MR) is 39.4 cm³/mol. The van der Waals surface area contributed by atoms with Crippen molar-refractivity contribution in [2.45, 2.75) is 12.2 Å². The van der Waals surface area contributed by atoms with Gasteiger partial charge < -0.3 is 4.90 Å². The topological polar surface area (TPSA) is 3.24 Å². The van der Waals surface area contributed by atoms with E-state index in [1.807, 2.05) is 0 Å². The Hall–Kier alpha value is 0.310. The molecule has 0 bridgehead atoms. The third-order valence-corrected chi connectivity index (χ3v) is 2.43. The molecule has 1 nitrogen and oxygen atoms in total.